The van der Waals surface area contributed by atoms with Crippen molar-refractivity contribution in [3.8, 4) is 5.75 Å². The van der Waals surface area contributed by atoms with E-state index in [-0.39, 0.29) is 0 Å². The predicted molar refractivity (Wildman–Crippen MR) is 73.9 cm³/mol. The lowest BCUT2D eigenvalue weighted by Crippen LogP contribution is -2.19. The molecule has 0 aromatic heterocycles. The van der Waals surface area contributed by atoms with Crippen LogP contribution in [0.15, 0.2) is 24.3 Å². The van der Waals surface area contributed by atoms with Gasteiger partial charge in [-0.05, 0) is 44.1 Å². The smallest absolute Gasteiger partial charge is 0.118 e. The molecular weight excluding hydrogens is 234 g/mol. The molecule has 2 nitrogen and oxygen atoms in total. The molecule has 0 atom stereocenters. The second-order valence-corrected chi connectivity index (χ2v) is 4.71. The van der Waals surface area contributed by atoms with Gasteiger partial charge in [-0.2, -0.15) is 0 Å². The van der Waals surface area contributed by atoms with Crippen LogP contribution in [0.1, 0.15) is 24.8 Å². The summed E-state index contributed by atoms with van der Waals surface area (Å²) in [6.45, 7) is 2.12. The first-order chi connectivity index (χ1) is 8.26. The van der Waals surface area contributed by atoms with E-state index >= 15 is 0 Å². The van der Waals surface area contributed by atoms with E-state index < -0.39 is 0 Å². The van der Waals surface area contributed by atoms with Crippen molar-refractivity contribution < 1.29 is 4.74 Å². The van der Waals surface area contributed by atoms with Gasteiger partial charge in [0.15, 0.2) is 0 Å². The Labute approximate surface area is 110 Å². The van der Waals surface area contributed by atoms with Gasteiger partial charge in [0.25, 0.3) is 0 Å². The number of alkyl halides is 1. The van der Waals surface area contributed by atoms with Crippen molar-refractivity contribution in [1.82, 2.24) is 4.90 Å². The lowest BCUT2D eigenvalue weighted by Gasteiger charge is -2.16. The zero-order chi connectivity index (χ0) is 12.5. The van der Waals surface area contributed by atoms with E-state index in [0.717, 1.165) is 31.1 Å². The van der Waals surface area contributed by atoms with Crippen LogP contribution in [0.25, 0.3) is 0 Å². The molecule has 0 fully saturated rings. The number of hydrogen-bond donors (Lipinski definition) is 0. The van der Waals surface area contributed by atoms with E-state index in [9.17, 15) is 0 Å². The maximum atomic E-state index is 5.65. The monoisotopic (exact) mass is 255 g/mol. The minimum absolute atomic E-state index is 0.780. The minimum atomic E-state index is 0.780. The summed E-state index contributed by atoms with van der Waals surface area (Å²) < 4.78 is 5.14. The molecule has 0 aliphatic rings. The molecule has 0 amide bonds. The highest BCUT2D eigenvalue weighted by atomic mass is 35.5. The minimum Gasteiger partial charge on any atom is -0.497 e. The van der Waals surface area contributed by atoms with E-state index in [2.05, 4.69) is 24.1 Å². The van der Waals surface area contributed by atoms with E-state index in [1.807, 2.05) is 12.1 Å². The molecule has 96 valence electrons. The van der Waals surface area contributed by atoms with Crippen molar-refractivity contribution in [2.75, 3.05) is 26.6 Å². The number of benzene rings is 1. The summed E-state index contributed by atoms with van der Waals surface area (Å²) in [4.78, 5) is 2.34. The van der Waals surface area contributed by atoms with E-state index in [0.29, 0.717) is 0 Å². The van der Waals surface area contributed by atoms with Gasteiger partial charge in [0.2, 0.25) is 0 Å². The molecule has 0 saturated carbocycles. The predicted octanol–water partition coefficient (Wildman–Crippen LogP) is 3.54. The van der Waals surface area contributed by atoms with Crippen molar-refractivity contribution in [1.29, 1.82) is 0 Å². The van der Waals surface area contributed by atoms with Crippen LogP contribution in [0, 0.1) is 0 Å². The number of nitrogens with zero attached hydrogens (tertiary/aromatic N) is 1. The standard InChI is InChI=1S/C14H22ClNO/c1-16(11-5-3-4-10-15)12-13-6-8-14(17-2)9-7-13/h6-9H,3-5,10-12H2,1-2H3. The van der Waals surface area contributed by atoms with Crippen LogP contribution in [0.4, 0.5) is 0 Å². The van der Waals surface area contributed by atoms with Gasteiger partial charge in [-0.25, -0.2) is 0 Å². The topological polar surface area (TPSA) is 12.5 Å². The highest BCUT2D eigenvalue weighted by Crippen LogP contribution is 2.12. The number of methoxy groups -OCH3 is 1. The third kappa shape index (κ3) is 5.94. The summed E-state index contributed by atoms with van der Waals surface area (Å²) in [5.74, 6) is 1.70. The lowest BCUT2D eigenvalue weighted by atomic mass is 10.2. The number of rotatable bonds is 8. The van der Waals surface area contributed by atoms with Gasteiger partial charge >= 0.3 is 0 Å². The zero-order valence-electron chi connectivity index (χ0n) is 10.8. The first kappa shape index (κ1) is 14.3. The van der Waals surface area contributed by atoms with E-state index in [4.69, 9.17) is 16.3 Å². The van der Waals surface area contributed by atoms with Crippen molar-refractivity contribution >= 4 is 11.6 Å². The molecule has 0 radical (unpaired) electrons. The molecule has 0 spiro atoms. The van der Waals surface area contributed by atoms with Crippen molar-refractivity contribution in [2.45, 2.75) is 25.8 Å². The Morgan fingerprint density at radius 1 is 1.12 bits per heavy atom. The van der Waals surface area contributed by atoms with Gasteiger partial charge in [0.1, 0.15) is 5.75 Å². The summed E-state index contributed by atoms with van der Waals surface area (Å²) in [7, 11) is 3.85. The molecule has 3 heteroatoms. The molecule has 0 heterocycles. The summed E-state index contributed by atoms with van der Waals surface area (Å²) in [6.07, 6.45) is 3.56. The Morgan fingerprint density at radius 2 is 1.82 bits per heavy atom. The molecule has 1 rings (SSSR count). The van der Waals surface area contributed by atoms with Gasteiger partial charge in [-0.15, -0.1) is 11.6 Å². The first-order valence-electron chi connectivity index (χ1n) is 6.13. The Kier molecular flexibility index (Phi) is 7.06. The Balaban J connectivity index is 2.26. The molecular formula is C14H22ClNO. The van der Waals surface area contributed by atoms with Gasteiger partial charge in [0.05, 0.1) is 7.11 Å². The number of ether oxygens (including phenoxy) is 1. The van der Waals surface area contributed by atoms with Crippen LogP contribution in [0.2, 0.25) is 0 Å². The third-order valence-electron chi connectivity index (χ3n) is 2.79. The van der Waals surface area contributed by atoms with Crippen molar-refractivity contribution in [3.05, 3.63) is 29.8 Å². The Morgan fingerprint density at radius 3 is 2.41 bits per heavy atom. The van der Waals surface area contributed by atoms with Crippen LogP contribution < -0.4 is 4.74 Å². The normalized spacial score (nSPS) is 10.8. The Bertz CT molecular complexity index is 300. The molecule has 1 aromatic carbocycles. The van der Waals surface area contributed by atoms with Gasteiger partial charge < -0.3 is 9.64 Å². The highest BCUT2D eigenvalue weighted by Gasteiger charge is 2.00. The zero-order valence-corrected chi connectivity index (χ0v) is 11.5. The van der Waals surface area contributed by atoms with Crippen LogP contribution in [0.3, 0.4) is 0 Å². The summed E-state index contributed by atoms with van der Waals surface area (Å²) in [5.41, 5.74) is 1.32. The third-order valence-corrected chi connectivity index (χ3v) is 3.05. The number of hydrogen-bond acceptors (Lipinski definition) is 2. The second-order valence-electron chi connectivity index (χ2n) is 4.34. The Hall–Kier alpha value is -0.730. The van der Waals surface area contributed by atoms with E-state index in [1.54, 1.807) is 7.11 Å². The molecule has 0 unspecified atom stereocenters. The van der Waals surface area contributed by atoms with Crippen LogP contribution in [-0.4, -0.2) is 31.5 Å². The SMILES string of the molecule is COc1ccc(CN(C)CCCCCCl)cc1. The number of unbranched alkanes of at least 4 members (excludes halogenated alkanes) is 2. The highest BCUT2D eigenvalue weighted by molar-refractivity contribution is 6.17. The average Bonchev–Trinajstić information content (AvgIpc) is 2.36. The lowest BCUT2D eigenvalue weighted by molar-refractivity contribution is 0.318. The molecule has 0 saturated heterocycles. The molecule has 0 bridgehead atoms. The average molecular weight is 256 g/mol. The first-order valence-corrected chi connectivity index (χ1v) is 6.67. The van der Waals surface area contributed by atoms with Crippen LogP contribution in [0.5, 0.6) is 5.75 Å². The van der Waals surface area contributed by atoms with Crippen LogP contribution >= 0.6 is 11.6 Å². The van der Waals surface area contributed by atoms with Gasteiger partial charge in [0, 0.05) is 12.4 Å². The fraction of sp³-hybridized carbons (Fsp3) is 0.571. The van der Waals surface area contributed by atoms with Gasteiger partial charge in [-0.3, -0.25) is 0 Å². The molecule has 0 N–H and O–H groups in total. The van der Waals surface area contributed by atoms with Crippen molar-refractivity contribution in [2.24, 2.45) is 0 Å². The number of halogens is 1. The quantitative estimate of drug-likeness (QED) is 0.520. The summed E-state index contributed by atoms with van der Waals surface area (Å²) in [6, 6.07) is 8.26. The van der Waals surface area contributed by atoms with E-state index in [1.165, 1.54) is 18.4 Å². The molecule has 0 aliphatic carbocycles. The maximum absolute atomic E-state index is 5.65. The fourth-order valence-electron chi connectivity index (χ4n) is 1.77. The van der Waals surface area contributed by atoms with Gasteiger partial charge in [-0.1, -0.05) is 18.6 Å². The second kappa shape index (κ2) is 8.37. The fourth-order valence-corrected chi connectivity index (χ4v) is 1.96. The molecule has 17 heavy (non-hydrogen) atoms. The van der Waals surface area contributed by atoms with Crippen molar-refractivity contribution in [3.63, 3.8) is 0 Å². The largest absolute Gasteiger partial charge is 0.497 e. The van der Waals surface area contributed by atoms with Crippen LogP contribution in [-0.2, 0) is 6.54 Å². The summed E-state index contributed by atoms with van der Waals surface area (Å²) >= 11 is 5.65. The molecule has 1 aromatic rings. The summed E-state index contributed by atoms with van der Waals surface area (Å²) in [5, 5.41) is 0. The molecule has 0 aliphatic heterocycles. The maximum Gasteiger partial charge on any atom is 0.118 e.